The van der Waals surface area contributed by atoms with Crippen molar-refractivity contribution < 1.29 is 52.1 Å². The van der Waals surface area contributed by atoms with Gasteiger partial charge in [-0.3, -0.25) is 28.8 Å². The summed E-state index contributed by atoms with van der Waals surface area (Å²) >= 11 is 0. The number of carbonyl (C=O) groups is 6. The molecule has 3 aliphatic rings. The van der Waals surface area contributed by atoms with Crippen LogP contribution < -0.4 is 50.8 Å². The van der Waals surface area contributed by atoms with Gasteiger partial charge in [0.1, 0.15) is 40.6 Å². The largest absolute Gasteiger partial charge is 0.482 e. The van der Waals surface area contributed by atoms with Crippen LogP contribution in [-0.2, 0) is 35.8 Å². The zero-order chi connectivity index (χ0) is 50.6. The molecule has 1 atom stereocenters. The third kappa shape index (κ3) is 10.6. The lowest BCUT2D eigenvalue weighted by Gasteiger charge is -2.18. The topological polar surface area (TPSA) is 298 Å². The molecule has 1 unspecified atom stereocenters. The number of hydrogen-bond acceptors (Lipinski definition) is 16. The van der Waals surface area contributed by atoms with Gasteiger partial charge in [0.05, 0.1) is 36.0 Å². The fourth-order valence-corrected chi connectivity index (χ4v) is 7.61. The van der Waals surface area contributed by atoms with Crippen LogP contribution >= 0.6 is 0 Å². The maximum atomic E-state index is 13.9. The summed E-state index contributed by atoms with van der Waals surface area (Å²) in [4.78, 5) is 91.3. The van der Waals surface area contributed by atoms with Gasteiger partial charge in [0.25, 0.3) is 35.4 Å². The van der Waals surface area contributed by atoms with E-state index in [0.29, 0.717) is 45.4 Å². The van der Waals surface area contributed by atoms with Crippen molar-refractivity contribution in [1.82, 2.24) is 60.4 Å². The van der Waals surface area contributed by atoms with Crippen molar-refractivity contribution in [3.63, 3.8) is 0 Å². The Morgan fingerprint density at radius 1 is 0.589 bits per heavy atom. The van der Waals surface area contributed by atoms with Gasteiger partial charge in [0.15, 0.2) is 36.0 Å². The highest BCUT2D eigenvalue weighted by atomic mass is 19.2. The van der Waals surface area contributed by atoms with Crippen LogP contribution in [0.5, 0.6) is 23.0 Å². The quantitative estimate of drug-likeness (QED) is 0.103. The van der Waals surface area contributed by atoms with Gasteiger partial charge < -0.3 is 50.8 Å². The number of ether oxygens (including phenoxy) is 4. The molecule has 3 aromatic carbocycles. The Balaban J connectivity index is 0.000000169. The number of benzene rings is 3. The molecule has 25 heteroatoms. The van der Waals surface area contributed by atoms with Gasteiger partial charge in [-0.05, 0) is 59.2 Å². The third-order valence-electron chi connectivity index (χ3n) is 11.0. The second-order valence-corrected chi connectivity index (χ2v) is 16.3. The van der Waals surface area contributed by atoms with Gasteiger partial charge in [0.2, 0.25) is 0 Å². The van der Waals surface area contributed by atoms with Crippen molar-refractivity contribution in [2.45, 2.75) is 39.1 Å². The normalized spacial score (nSPS) is 15.0. The number of anilines is 2. The summed E-state index contributed by atoms with van der Waals surface area (Å²) in [7, 11) is 0. The Morgan fingerprint density at radius 3 is 1.59 bits per heavy atom. The van der Waals surface area contributed by atoms with E-state index in [1.807, 2.05) is 0 Å². The van der Waals surface area contributed by atoms with E-state index in [1.165, 1.54) is 39.9 Å². The van der Waals surface area contributed by atoms with Crippen LogP contribution in [0.4, 0.5) is 15.8 Å². The maximum absolute atomic E-state index is 13.9. The first-order valence-corrected chi connectivity index (χ1v) is 22.2. The van der Waals surface area contributed by atoms with Gasteiger partial charge >= 0.3 is 6.04 Å². The first kappa shape index (κ1) is 46.6. The number of amides is 6. The summed E-state index contributed by atoms with van der Waals surface area (Å²) in [6.45, 7) is 1.71. The van der Waals surface area contributed by atoms with Crippen LogP contribution in [-0.4, -0.2) is 93.9 Å². The minimum Gasteiger partial charge on any atom is -0.482 e. The minimum atomic E-state index is -2.24. The van der Waals surface area contributed by atoms with Gasteiger partial charge in [-0.1, -0.05) is 18.2 Å². The standard InChI is InChI=1S/C26H21FN6O6.C22H18N8O4/c1-26(27)38-20-5-3-15(9-21(20)39-26)12-29-25(36)18-10-17(31-22-6-7-30-33(18)22)24(35)28-11-14-2-4-19-16(8-14)32-23(34)13-37-19;31-20-11-34-18-2-1-13(7-15(18)29-20)9-24-21(32)16-8-17(30-19(28-16)4-6-27-30)22(33)25-10-14-3-5-23-12-26-14/h2-10H,11-13H2,1H3,(H,28,35)(H,29,36)(H,32,34);1-8,12H,9-11H2,(H,24,32)(H,25,33)(H,29,31). The lowest BCUT2D eigenvalue weighted by atomic mass is 10.1. The molecule has 8 aromatic rings. The molecule has 368 valence electrons. The highest BCUT2D eigenvalue weighted by Gasteiger charge is 2.37. The van der Waals surface area contributed by atoms with Gasteiger partial charge in [-0.2, -0.15) is 14.6 Å². The van der Waals surface area contributed by atoms with Gasteiger partial charge in [-0.25, -0.2) is 29.0 Å². The van der Waals surface area contributed by atoms with E-state index in [1.54, 1.807) is 79.0 Å². The number of carbonyl (C=O) groups excluding carboxylic acids is 6. The van der Waals surface area contributed by atoms with E-state index < -0.39 is 29.7 Å². The Bertz CT molecular complexity index is 3510. The van der Waals surface area contributed by atoms with Crippen LogP contribution in [0.25, 0.3) is 11.3 Å². The Kier molecular flexibility index (Phi) is 12.6. The first-order valence-electron chi connectivity index (χ1n) is 22.2. The zero-order valence-electron chi connectivity index (χ0n) is 38.2. The summed E-state index contributed by atoms with van der Waals surface area (Å²) in [5, 5.41) is 24.8. The molecular weight excluding hydrogens is 952 g/mol. The highest BCUT2D eigenvalue weighted by Crippen LogP contribution is 2.40. The molecular formula is C48H39FN14O10. The first-order chi connectivity index (χ1) is 35.3. The fourth-order valence-electron chi connectivity index (χ4n) is 7.61. The predicted molar refractivity (Wildman–Crippen MR) is 251 cm³/mol. The van der Waals surface area contributed by atoms with Crippen molar-refractivity contribution in [3.05, 3.63) is 155 Å². The second kappa shape index (κ2) is 19.7. The summed E-state index contributed by atoms with van der Waals surface area (Å²) in [6, 6.07) is 20.6. The lowest BCUT2D eigenvalue weighted by Crippen LogP contribution is -2.29. The summed E-state index contributed by atoms with van der Waals surface area (Å²) in [5.74, 6) is -0.777. The molecule has 0 radical (unpaired) electrons. The molecule has 0 saturated carbocycles. The Morgan fingerprint density at radius 2 is 1.07 bits per heavy atom. The van der Waals surface area contributed by atoms with E-state index in [9.17, 15) is 33.2 Å². The van der Waals surface area contributed by atoms with Crippen molar-refractivity contribution in [1.29, 1.82) is 0 Å². The van der Waals surface area contributed by atoms with E-state index in [-0.39, 0.29) is 85.5 Å². The Labute approximate surface area is 410 Å². The van der Waals surface area contributed by atoms with Crippen molar-refractivity contribution in [2.24, 2.45) is 0 Å². The number of alkyl halides is 1. The average molecular weight is 991 g/mol. The molecule has 24 nitrogen and oxygen atoms in total. The van der Waals surface area contributed by atoms with Crippen LogP contribution in [0.15, 0.2) is 110 Å². The Hall–Kier alpha value is -10.1. The molecule has 0 fully saturated rings. The number of hydrogen-bond donors (Lipinski definition) is 6. The van der Waals surface area contributed by atoms with E-state index >= 15 is 0 Å². The second-order valence-electron chi connectivity index (χ2n) is 16.3. The fraction of sp³-hybridized carbons (Fsp3) is 0.167. The van der Waals surface area contributed by atoms with Crippen molar-refractivity contribution in [2.75, 3.05) is 23.8 Å². The molecule has 5 aromatic heterocycles. The monoisotopic (exact) mass is 990 g/mol. The van der Waals surface area contributed by atoms with Crippen molar-refractivity contribution in [3.8, 4) is 23.0 Å². The highest BCUT2D eigenvalue weighted by molar-refractivity contribution is 6.00. The van der Waals surface area contributed by atoms with Crippen LogP contribution in [0, 0.1) is 0 Å². The molecule has 73 heavy (non-hydrogen) atoms. The average Bonchev–Trinajstić information content (AvgIpc) is 4.15. The van der Waals surface area contributed by atoms with E-state index in [0.717, 1.165) is 18.1 Å². The summed E-state index contributed by atoms with van der Waals surface area (Å²) in [6.07, 6.45) is 5.94. The molecule has 0 aliphatic carbocycles. The van der Waals surface area contributed by atoms with Gasteiger partial charge in [-0.15, -0.1) is 0 Å². The van der Waals surface area contributed by atoms with E-state index in [2.05, 4.69) is 62.0 Å². The predicted octanol–water partition coefficient (Wildman–Crippen LogP) is 3.04. The smallest absolute Gasteiger partial charge is 0.404 e. The van der Waals surface area contributed by atoms with Crippen molar-refractivity contribution >= 4 is 58.1 Å². The lowest BCUT2D eigenvalue weighted by molar-refractivity contribution is -0.173. The molecule has 6 N–H and O–H groups in total. The van der Waals surface area contributed by atoms with Crippen LogP contribution in [0.2, 0.25) is 0 Å². The number of halogens is 1. The molecule has 8 heterocycles. The zero-order valence-corrected chi connectivity index (χ0v) is 38.2. The van der Waals surface area contributed by atoms with E-state index in [4.69, 9.17) is 18.9 Å². The molecule has 6 amide bonds. The SMILES string of the molecule is CC1(F)Oc2ccc(CNC(=O)c3cc(C(=O)NCc4ccc5c(c4)NC(=O)CO5)nc4ccnn34)cc2O1.O=C1COc2ccc(CNC(=O)c3cc(C(=O)NCc4ccncn4)n4nccc4n3)cc2N1. The maximum Gasteiger partial charge on any atom is 0.404 e. The molecule has 11 rings (SSSR count). The number of aromatic nitrogens is 8. The number of fused-ring (bicyclic) bond motifs is 5. The van der Waals surface area contributed by atoms with Crippen LogP contribution in [0.3, 0.4) is 0 Å². The van der Waals surface area contributed by atoms with Gasteiger partial charge in [0, 0.05) is 57.0 Å². The third-order valence-corrected chi connectivity index (χ3v) is 11.0. The summed E-state index contributed by atoms with van der Waals surface area (Å²) < 4.78 is 37.5. The number of rotatable bonds is 12. The molecule has 0 bridgehead atoms. The van der Waals surface area contributed by atoms with Crippen LogP contribution in [0.1, 0.15) is 71.3 Å². The molecule has 3 aliphatic heterocycles. The minimum absolute atomic E-state index is 0.0213. The summed E-state index contributed by atoms with van der Waals surface area (Å²) in [5.41, 5.74) is 4.85. The molecule has 0 spiro atoms. The molecule has 0 saturated heterocycles. The number of nitrogens with one attached hydrogen (secondary N) is 6. The number of nitrogens with zero attached hydrogens (tertiary/aromatic N) is 8.